The molecule has 0 unspecified atom stereocenters. The predicted octanol–water partition coefficient (Wildman–Crippen LogP) is 4.08. The van der Waals surface area contributed by atoms with E-state index in [4.69, 9.17) is 11.6 Å². The van der Waals surface area contributed by atoms with Crippen molar-refractivity contribution in [1.29, 1.82) is 0 Å². The van der Waals surface area contributed by atoms with Crippen molar-refractivity contribution < 1.29 is 14.5 Å². The third kappa shape index (κ3) is 5.73. The molecule has 0 atom stereocenters. The molecule has 0 aliphatic heterocycles. The molecule has 29 heavy (non-hydrogen) atoms. The molecule has 148 valence electrons. The maximum atomic E-state index is 12.4. The Morgan fingerprint density at radius 3 is 2.62 bits per heavy atom. The lowest BCUT2D eigenvalue weighted by Gasteiger charge is -2.03. The Labute approximate surface area is 177 Å². The molecule has 0 spiro atoms. The van der Waals surface area contributed by atoms with Crippen LogP contribution in [0, 0.1) is 10.1 Å². The Morgan fingerprint density at radius 1 is 1.14 bits per heavy atom. The fourth-order valence-electron chi connectivity index (χ4n) is 2.18. The molecular formula is C17H12ClN5O4S2. The Kier molecular flexibility index (Phi) is 6.75. The van der Waals surface area contributed by atoms with Crippen LogP contribution in [0.1, 0.15) is 10.4 Å². The Bertz CT molecular complexity index is 1060. The molecule has 1 heterocycles. The first kappa shape index (κ1) is 20.7. The lowest BCUT2D eigenvalue weighted by Crippen LogP contribution is -2.13. The second-order valence-electron chi connectivity index (χ2n) is 5.45. The second-order valence-corrected chi connectivity index (χ2v) is 8.09. The van der Waals surface area contributed by atoms with Crippen LogP contribution in [-0.4, -0.2) is 32.7 Å². The van der Waals surface area contributed by atoms with Crippen molar-refractivity contribution >= 4 is 63.0 Å². The van der Waals surface area contributed by atoms with Crippen LogP contribution in [0.5, 0.6) is 0 Å². The number of amides is 2. The van der Waals surface area contributed by atoms with Crippen molar-refractivity contribution in [3.05, 3.63) is 69.2 Å². The van der Waals surface area contributed by atoms with Crippen LogP contribution < -0.4 is 10.6 Å². The highest BCUT2D eigenvalue weighted by molar-refractivity contribution is 8.01. The maximum absolute atomic E-state index is 12.4. The number of hydrogen-bond acceptors (Lipinski definition) is 8. The van der Waals surface area contributed by atoms with Crippen LogP contribution in [0.25, 0.3) is 0 Å². The van der Waals surface area contributed by atoms with E-state index in [0.717, 1.165) is 29.2 Å². The van der Waals surface area contributed by atoms with Crippen molar-refractivity contribution in [2.75, 3.05) is 16.4 Å². The van der Waals surface area contributed by atoms with Gasteiger partial charge in [-0.2, -0.15) is 0 Å². The first-order chi connectivity index (χ1) is 13.9. The number of aromatic nitrogens is 2. The smallest absolute Gasteiger partial charge is 0.282 e. The van der Waals surface area contributed by atoms with Gasteiger partial charge in [-0.15, -0.1) is 10.2 Å². The van der Waals surface area contributed by atoms with Crippen LogP contribution in [0.3, 0.4) is 0 Å². The molecule has 2 amide bonds. The number of benzene rings is 2. The predicted molar refractivity (Wildman–Crippen MR) is 112 cm³/mol. The first-order valence-corrected chi connectivity index (χ1v) is 10.2. The van der Waals surface area contributed by atoms with Crippen molar-refractivity contribution in [2.24, 2.45) is 0 Å². The summed E-state index contributed by atoms with van der Waals surface area (Å²) < 4.78 is 0.462. The Hall–Kier alpha value is -3.02. The SMILES string of the molecule is O=C(CSc1nnc(NC(=O)c2cc(Cl)ccc2[N+](=O)[O-])s1)Nc1ccccc1. The van der Waals surface area contributed by atoms with Gasteiger partial charge in [0.2, 0.25) is 11.0 Å². The summed E-state index contributed by atoms with van der Waals surface area (Å²) in [6, 6.07) is 12.7. The summed E-state index contributed by atoms with van der Waals surface area (Å²) in [4.78, 5) is 34.8. The lowest BCUT2D eigenvalue weighted by atomic mass is 10.1. The van der Waals surface area contributed by atoms with Crippen LogP contribution in [0.2, 0.25) is 5.02 Å². The molecule has 0 aliphatic carbocycles. The van der Waals surface area contributed by atoms with Crippen molar-refractivity contribution in [3.63, 3.8) is 0 Å². The van der Waals surface area contributed by atoms with Gasteiger partial charge in [-0.1, -0.05) is 52.9 Å². The van der Waals surface area contributed by atoms with E-state index in [1.165, 1.54) is 12.1 Å². The van der Waals surface area contributed by atoms with Gasteiger partial charge in [-0.3, -0.25) is 25.0 Å². The van der Waals surface area contributed by atoms with Crippen molar-refractivity contribution in [2.45, 2.75) is 4.34 Å². The summed E-state index contributed by atoms with van der Waals surface area (Å²) >= 11 is 8.04. The monoisotopic (exact) mass is 449 g/mol. The van der Waals surface area contributed by atoms with Crippen LogP contribution in [-0.2, 0) is 4.79 Å². The van der Waals surface area contributed by atoms with E-state index >= 15 is 0 Å². The zero-order valence-electron chi connectivity index (χ0n) is 14.5. The number of rotatable bonds is 7. The van der Waals surface area contributed by atoms with Crippen LogP contribution >= 0.6 is 34.7 Å². The summed E-state index contributed by atoms with van der Waals surface area (Å²) in [6.45, 7) is 0. The quantitative estimate of drug-likeness (QED) is 0.240. The molecule has 0 saturated carbocycles. The standard InChI is InChI=1S/C17H12ClN5O4S2/c18-10-6-7-13(23(26)27)12(8-10)15(25)20-16-21-22-17(29-16)28-9-14(24)19-11-4-2-1-3-5-11/h1-8H,9H2,(H,19,24)(H,20,21,25). The largest absolute Gasteiger partial charge is 0.325 e. The summed E-state index contributed by atoms with van der Waals surface area (Å²) in [5.74, 6) is -0.831. The van der Waals surface area contributed by atoms with Crippen molar-refractivity contribution in [1.82, 2.24) is 10.2 Å². The normalized spacial score (nSPS) is 10.4. The van der Waals surface area contributed by atoms with Crippen molar-refractivity contribution in [3.8, 4) is 0 Å². The summed E-state index contributed by atoms with van der Waals surface area (Å²) in [5, 5.41) is 24.4. The fourth-order valence-corrected chi connectivity index (χ4v) is 3.90. The second kappa shape index (κ2) is 9.45. The summed E-state index contributed by atoms with van der Waals surface area (Å²) in [7, 11) is 0. The van der Waals surface area contributed by atoms with Gasteiger partial charge in [0.1, 0.15) is 5.56 Å². The number of carbonyl (C=O) groups excluding carboxylic acids is 2. The minimum Gasteiger partial charge on any atom is -0.325 e. The number of nitrogens with one attached hydrogen (secondary N) is 2. The average Bonchev–Trinajstić information content (AvgIpc) is 3.14. The zero-order chi connectivity index (χ0) is 20.8. The summed E-state index contributed by atoms with van der Waals surface area (Å²) in [6.07, 6.45) is 0. The van der Waals surface area contributed by atoms with Gasteiger partial charge in [-0.25, -0.2) is 0 Å². The molecular weight excluding hydrogens is 438 g/mol. The number of anilines is 2. The third-order valence-corrected chi connectivity index (χ3v) is 5.62. The fraction of sp³-hybridized carbons (Fsp3) is 0.0588. The van der Waals surface area contributed by atoms with Gasteiger partial charge in [0, 0.05) is 16.8 Å². The molecule has 0 bridgehead atoms. The minimum absolute atomic E-state index is 0.108. The third-order valence-electron chi connectivity index (χ3n) is 3.41. The van der Waals surface area contributed by atoms with E-state index in [1.807, 2.05) is 18.2 Å². The Morgan fingerprint density at radius 2 is 1.90 bits per heavy atom. The number of hydrogen-bond donors (Lipinski definition) is 2. The van der Waals surface area contributed by atoms with Gasteiger partial charge in [-0.05, 0) is 24.3 Å². The van der Waals surface area contributed by atoms with Gasteiger partial charge in [0.05, 0.1) is 10.7 Å². The van der Waals surface area contributed by atoms with E-state index in [2.05, 4.69) is 20.8 Å². The van der Waals surface area contributed by atoms with Crippen LogP contribution in [0.4, 0.5) is 16.5 Å². The minimum atomic E-state index is -0.728. The van der Waals surface area contributed by atoms with E-state index in [9.17, 15) is 19.7 Å². The molecule has 0 saturated heterocycles. The van der Waals surface area contributed by atoms with Gasteiger partial charge < -0.3 is 5.32 Å². The highest BCUT2D eigenvalue weighted by atomic mass is 35.5. The van der Waals surface area contributed by atoms with E-state index in [0.29, 0.717) is 10.0 Å². The number of carbonyl (C=O) groups is 2. The molecule has 2 aromatic carbocycles. The topological polar surface area (TPSA) is 127 Å². The molecule has 3 rings (SSSR count). The molecule has 1 aromatic heterocycles. The average molecular weight is 450 g/mol. The molecule has 0 fully saturated rings. The molecule has 0 radical (unpaired) electrons. The number of thioether (sulfide) groups is 1. The molecule has 0 aliphatic rings. The number of nitro benzene ring substituents is 1. The highest BCUT2D eigenvalue weighted by Crippen LogP contribution is 2.28. The molecule has 2 N–H and O–H groups in total. The number of nitro groups is 1. The summed E-state index contributed by atoms with van der Waals surface area (Å²) in [5.41, 5.74) is 0.129. The van der Waals surface area contributed by atoms with Gasteiger partial charge in [0.25, 0.3) is 11.6 Å². The van der Waals surface area contributed by atoms with Gasteiger partial charge in [0.15, 0.2) is 4.34 Å². The molecule has 9 nitrogen and oxygen atoms in total. The zero-order valence-corrected chi connectivity index (χ0v) is 16.9. The highest BCUT2D eigenvalue weighted by Gasteiger charge is 2.21. The maximum Gasteiger partial charge on any atom is 0.282 e. The number of halogens is 1. The van der Waals surface area contributed by atoms with E-state index < -0.39 is 10.8 Å². The molecule has 12 heteroatoms. The first-order valence-electron chi connectivity index (χ1n) is 7.99. The molecule has 3 aromatic rings. The lowest BCUT2D eigenvalue weighted by molar-refractivity contribution is -0.385. The van der Waals surface area contributed by atoms with E-state index in [1.54, 1.807) is 12.1 Å². The van der Waals surface area contributed by atoms with Crippen LogP contribution in [0.15, 0.2) is 52.9 Å². The number of nitrogens with zero attached hydrogens (tertiary/aromatic N) is 3. The Balaban J connectivity index is 1.59. The van der Waals surface area contributed by atoms with E-state index in [-0.39, 0.29) is 33.1 Å². The van der Waals surface area contributed by atoms with Gasteiger partial charge >= 0.3 is 0 Å². The number of para-hydroxylation sites is 1.